The average Bonchev–Trinajstić information content (AvgIpc) is 2.87. The first-order valence-electron chi connectivity index (χ1n) is 6.99. The number of fused-ring (bicyclic) bond motifs is 5. The van der Waals surface area contributed by atoms with Gasteiger partial charge >= 0.3 is 0 Å². The lowest BCUT2D eigenvalue weighted by atomic mass is 9.99. The minimum atomic E-state index is -0.0320. The molecule has 108 valence electrons. The van der Waals surface area contributed by atoms with Gasteiger partial charge in [-0.25, -0.2) is 4.99 Å². The van der Waals surface area contributed by atoms with Crippen LogP contribution in [0.5, 0.6) is 5.75 Å². The molecule has 0 bridgehead atoms. The van der Waals surface area contributed by atoms with Crippen molar-refractivity contribution in [3.8, 4) is 5.75 Å². The molecule has 0 aliphatic carbocycles. The van der Waals surface area contributed by atoms with Crippen LogP contribution < -0.4 is 10.1 Å². The van der Waals surface area contributed by atoms with Gasteiger partial charge in [-0.15, -0.1) is 0 Å². The van der Waals surface area contributed by atoms with E-state index in [1.165, 1.54) is 0 Å². The summed E-state index contributed by atoms with van der Waals surface area (Å²) in [6.45, 7) is 1.25. The molecule has 21 heavy (non-hydrogen) atoms. The summed E-state index contributed by atoms with van der Waals surface area (Å²) < 4.78 is 5.85. The Morgan fingerprint density at radius 2 is 2.14 bits per heavy atom. The number of nitrogens with one attached hydrogen (secondary N) is 2. The predicted molar refractivity (Wildman–Crippen MR) is 79.8 cm³/mol. The highest BCUT2D eigenvalue weighted by Gasteiger charge is 2.26. The number of ether oxygens (including phenoxy) is 1. The van der Waals surface area contributed by atoms with Gasteiger partial charge in [-0.1, -0.05) is 0 Å². The van der Waals surface area contributed by atoms with Gasteiger partial charge in [0, 0.05) is 37.1 Å². The molecule has 0 saturated carbocycles. The highest BCUT2D eigenvalue weighted by atomic mass is 16.5. The van der Waals surface area contributed by atoms with E-state index < -0.39 is 0 Å². The predicted octanol–water partition coefficient (Wildman–Crippen LogP) is 1.26. The summed E-state index contributed by atoms with van der Waals surface area (Å²) in [7, 11) is 3.82. The third-order valence-electron chi connectivity index (χ3n) is 3.98. The zero-order valence-corrected chi connectivity index (χ0v) is 12.0. The van der Waals surface area contributed by atoms with E-state index in [0.717, 1.165) is 34.2 Å². The standard InChI is InChI=1S/C15H16N4O2/c1-19(2)15-17-7-9-11(21-15)4-3-10-12(9)8-5-6-16-14(20)13(8)18-10/h3-4,18H,5-7H2,1-2H3,(H,16,20). The Balaban J connectivity index is 1.91. The molecule has 2 aliphatic rings. The number of rotatable bonds is 0. The fourth-order valence-corrected chi connectivity index (χ4v) is 3.01. The molecule has 1 aromatic heterocycles. The van der Waals surface area contributed by atoms with E-state index in [4.69, 9.17) is 4.74 Å². The number of nitrogens with zero attached hydrogens (tertiary/aromatic N) is 2. The Hall–Kier alpha value is -2.50. The van der Waals surface area contributed by atoms with E-state index in [-0.39, 0.29) is 5.91 Å². The van der Waals surface area contributed by atoms with Crippen molar-refractivity contribution in [3.05, 3.63) is 29.0 Å². The number of aromatic nitrogens is 1. The monoisotopic (exact) mass is 284 g/mol. The second-order valence-electron chi connectivity index (χ2n) is 5.54. The molecular formula is C15H16N4O2. The second kappa shape index (κ2) is 4.25. The fraction of sp³-hybridized carbons (Fsp3) is 0.333. The summed E-state index contributed by atoms with van der Waals surface area (Å²) in [5.74, 6) is 0.796. The van der Waals surface area contributed by atoms with Crippen molar-refractivity contribution in [3.63, 3.8) is 0 Å². The molecule has 3 heterocycles. The smallest absolute Gasteiger partial charge is 0.292 e. The number of amidine groups is 1. The van der Waals surface area contributed by atoms with E-state index >= 15 is 0 Å². The van der Waals surface area contributed by atoms with E-state index in [9.17, 15) is 4.79 Å². The van der Waals surface area contributed by atoms with Gasteiger partial charge in [-0.3, -0.25) is 4.79 Å². The first kappa shape index (κ1) is 12.3. The van der Waals surface area contributed by atoms with E-state index in [2.05, 4.69) is 15.3 Å². The van der Waals surface area contributed by atoms with Gasteiger partial charge in [0.05, 0.1) is 6.54 Å². The Kier molecular flexibility index (Phi) is 2.48. The van der Waals surface area contributed by atoms with Gasteiger partial charge in [0.2, 0.25) is 0 Å². The summed E-state index contributed by atoms with van der Waals surface area (Å²) in [6.07, 6.45) is 0.835. The molecule has 4 rings (SSSR count). The molecule has 6 nitrogen and oxygen atoms in total. The first-order chi connectivity index (χ1) is 10.1. The van der Waals surface area contributed by atoms with Crippen molar-refractivity contribution in [2.75, 3.05) is 20.6 Å². The average molecular weight is 284 g/mol. The number of hydrogen-bond donors (Lipinski definition) is 2. The quantitative estimate of drug-likeness (QED) is 0.765. The van der Waals surface area contributed by atoms with Crippen LogP contribution in [-0.4, -0.2) is 42.5 Å². The number of aliphatic imine (C=N–C) groups is 1. The highest BCUT2D eigenvalue weighted by Crippen LogP contribution is 2.36. The fourth-order valence-electron chi connectivity index (χ4n) is 3.01. The molecule has 0 atom stereocenters. The molecular weight excluding hydrogens is 268 g/mol. The number of carbonyl (C=O) groups is 1. The van der Waals surface area contributed by atoms with Gasteiger partial charge < -0.3 is 19.9 Å². The first-order valence-corrected chi connectivity index (χ1v) is 6.99. The molecule has 2 aliphatic heterocycles. The minimum absolute atomic E-state index is 0.0320. The molecule has 0 spiro atoms. The zero-order chi connectivity index (χ0) is 14.6. The molecule has 0 unspecified atom stereocenters. The molecule has 2 aromatic rings. The van der Waals surface area contributed by atoms with Crippen LogP contribution >= 0.6 is 0 Å². The normalized spacial score (nSPS) is 16.7. The Morgan fingerprint density at radius 3 is 2.95 bits per heavy atom. The molecule has 1 aromatic carbocycles. The molecule has 1 amide bonds. The molecule has 2 N–H and O–H groups in total. The van der Waals surface area contributed by atoms with Crippen LogP contribution in [0.15, 0.2) is 17.1 Å². The van der Waals surface area contributed by atoms with E-state index in [1.54, 1.807) is 0 Å². The Morgan fingerprint density at radius 1 is 1.29 bits per heavy atom. The molecule has 6 heteroatoms. The maximum Gasteiger partial charge on any atom is 0.292 e. The maximum atomic E-state index is 12.0. The summed E-state index contributed by atoms with van der Waals surface area (Å²) in [6, 6.07) is 4.53. The SMILES string of the molecule is CN(C)C1=NCc2c(ccc3[nH]c4c(c23)CCNC4=O)O1. The van der Waals surface area contributed by atoms with Crippen molar-refractivity contribution >= 4 is 22.8 Å². The van der Waals surface area contributed by atoms with Crippen molar-refractivity contribution in [1.29, 1.82) is 0 Å². The van der Waals surface area contributed by atoms with Crippen LogP contribution in [0.1, 0.15) is 21.6 Å². The lowest BCUT2D eigenvalue weighted by molar-refractivity contribution is 0.0942. The lowest BCUT2D eigenvalue weighted by Crippen LogP contribution is -2.31. The van der Waals surface area contributed by atoms with Gasteiger partial charge in [0.25, 0.3) is 11.9 Å². The summed E-state index contributed by atoms with van der Waals surface area (Å²) in [5.41, 5.74) is 3.79. The number of amides is 1. The number of hydrogen-bond acceptors (Lipinski definition) is 4. The Bertz CT molecular complexity index is 789. The van der Waals surface area contributed by atoms with Crippen LogP contribution in [0.25, 0.3) is 10.9 Å². The van der Waals surface area contributed by atoms with Gasteiger partial charge in [0.1, 0.15) is 11.4 Å². The zero-order valence-electron chi connectivity index (χ0n) is 12.0. The molecule has 0 fully saturated rings. The van der Waals surface area contributed by atoms with E-state index in [0.29, 0.717) is 24.8 Å². The van der Waals surface area contributed by atoms with Crippen LogP contribution in [0.2, 0.25) is 0 Å². The third kappa shape index (κ3) is 1.72. The largest absolute Gasteiger partial charge is 0.426 e. The minimum Gasteiger partial charge on any atom is -0.426 e. The number of carbonyl (C=O) groups excluding carboxylic acids is 1. The number of benzene rings is 1. The maximum absolute atomic E-state index is 12.0. The van der Waals surface area contributed by atoms with Crippen LogP contribution in [0, 0.1) is 0 Å². The van der Waals surface area contributed by atoms with Crippen molar-refractivity contribution < 1.29 is 9.53 Å². The van der Waals surface area contributed by atoms with Crippen molar-refractivity contribution in [1.82, 2.24) is 15.2 Å². The number of H-pyrrole nitrogens is 1. The third-order valence-corrected chi connectivity index (χ3v) is 3.98. The topological polar surface area (TPSA) is 69.7 Å². The lowest BCUT2D eigenvalue weighted by Gasteiger charge is -2.22. The van der Waals surface area contributed by atoms with Crippen LogP contribution in [0.4, 0.5) is 0 Å². The van der Waals surface area contributed by atoms with Gasteiger partial charge in [-0.05, 0) is 24.1 Å². The second-order valence-corrected chi connectivity index (χ2v) is 5.54. The van der Waals surface area contributed by atoms with Crippen LogP contribution in [0.3, 0.4) is 0 Å². The number of aromatic amines is 1. The van der Waals surface area contributed by atoms with E-state index in [1.807, 2.05) is 31.1 Å². The van der Waals surface area contributed by atoms with Crippen molar-refractivity contribution in [2.45, 2.75) is 13.0 Å². The van der Waals surface area contributed by atoms with Gasteiger partial charge in [0.15, 0.2) is 0 Å². The highest BCUT2D eigenvalue weighted by molar-refractivity contribution is 6.04. The molecule has 0 saturated heterocycles. The summed E-state index contributed by atoms with van der Waals surface area (Å²) in [4.78, 5) is 21.5. The van der Waals surface area contributed by atoms with Gasteiger partial charge in [-0.2, -0.15) is 0 Å². The van der Waals surface area contributed by atoms with Crippen LogP contribution in [-0.2, 0) is 13.0 Å². The summed E-state index contributed by atoms with van der Waals surface area (Å²) >= 11 is 0. The molecule has 0 radical (unpaired) electrons. The summed E-state index contributed by atoms with van der Waals surface area (Å²) in [5, 5.41) is 3.96. The Labute approximate surface area is 121 Å². The van der Waals surface area contributed by atoms with Crippen molar-refractivity contribution in [2.24, 2.45) is 4.99 Å².